The maximum atomic E-state index is 12.7. The summed E-state index contributed by atoms with van der Waals surface area (Å²) in [7, 11) is 0. The average molecular weight is 793 g/mol. The van der Waals surface area contributed by atoms with Gasteiger partial charge in [0.15, 0.2) is 6.10 Å². The van der Waals surface area contributed by atoms with Crippen LogP contribution >= 0.6 is 0 Å². The third-order valence-corrected chi connectivity index (χ3v) is 11.6. The Morgan fingerprint density at radius 1 is 0.375 bits per heavy atom. The van der Waals surface area contributed by atoms with Gasteiger partial charge < -0.3 is 14.2 Å². The molecule has 0 aromatic rings. The summed E-state index contributed by atoms with van der Waals surface area (Å²) in [5, 5.41) is 0. The van der Waals surface area contributed by atoms with Crippen LogP contribution < -0.4 is 0 Å². The fraction of sp³-hybridized carbons (Fsp3) is 0.940. The van der Waals surface area contributed by atoms with Crippen LogP contribution in [0.3, 0.4) is 0 Å². The molecule has 0 aliphatic rings. The average Bonchev–Trinajstić information content (AvgIpc) is 3.18. The highest BCUT2D eigenvalue weighted by molar-refractivity contribution is 5.71. The molecule has 2 atom stereocenters. The van der Waals surface area contributed by atoms with Crippen molar-refractivity contribution in [3.05, 3.63) is 0 Å². The van der Waals surface area contributed by atoms with Crippen LogP contribution in [0.25, 0.3) is 0 Å². The molecule has 0 rings (SSSR count). The van der Waals surface area contributed by atoms with Crippen molar-refractivity contribution in [3.8, 4) is 0 Å². The summed E-state index contributed by atoms with van der Waals surface area (Å²) in [5.74, 6) is 0.805. The third-order valence-electron chi connectivity index (χ3n) is 11.6. The zero-order valence-electron chi connectivity index (χ0n) is 38.3. The monoisotopic (exact) mass is 793 g/mol. The predicted molar refractivity (Wildman–Crippen MR) is 238 cm³/mol. The molecule has 6 nitrogen and oxygen atoms in total. The lowest BCUT2D eigenvalue weighted by Crippen LogP contribution is -2.30. The SMILES string of the molecule is CCCCCCCCCCCC(=O)OC[C@H](COC(=O)CCCCCCCCCCCCCCCCCCC(C)C)OC(=O)CCCCCCCCC(C)CC. The Balaban J connectivity index is 4.20. The van der Waals surface area contributed by atoms with Crippen molar-refractivity contribution in [2.45, 2.75) is 278 Å². The van der Waals surface area contributed by atoms with Crippen LogP contribution in [-0.4, -0.2) is 37.2 Å². The van der Waals surface area contributed by atoms with Gasteiger partial charge in [0.05, 0.1) is 0 Å². The van der Waals surface area contributed by atoms with Crippen LogP contribution in [0, 0.1) is 11.8 Å². The smallest absolute Gasteiger partial charge is 0.306 e. The lowest BCUT2D eigenvalue weighted by molar-refractivity contribution is -0.167. The molecule has 1 unspecified atom stereocenters. The first kappa shape index (κ1) is 54.4. The van der Waals surface area contributed by atoms with E-state index in [0.717, 1.165) is 69.6 Å². The van der Waals surface area contributed by atoms with Crippen LogP contribution in [0.1, 0.15) is 272 Å². The van der Waals surface area contributed by atoms with Crippen molar-refractivity contribution < 1.29 is 28.6 Å². The van der Waals surface area contributed by atoms with E-state index in [9.17, 15) is 14.4 Å². The van der Waals surface area contributed by atoms with Crippen LogP contribution in [0.5, 0.6) is 0 Å². The molecule has 332 valence electrons. The number of ether oxygens (including phenoxy) is 3. The highest BCUT2D eigenvalue weighted by Crippen LogP contribution is 2.17. The number of rotatable bonds is 44. The Labute approximate surface area is 348 Å². The van der Waals surface area contributed by atoms with E-state index in [1.54, 1.807) is 0 Å². The maximum absolute atomic E-state index is 12.7. The van der Waals surface area contributed by atoms with Gasteiger partial charge in [0.1, 0.15) is 13.2 Å². The molecule has 0 N–H and O–H groups in total. The van der Waals surface area contributed by atoms with Crippen molar-refractivity contribution >= 4 is 17.9 Å². The predicted octanol–water partition coefficient (Wildman–Crippen LogP) is 15.8. The molecule has 0 aliphatic heterocycles. The summed E-state index contributed by atoms with van der Waals surface area (Å²) >= 11 is 0. The van der Waals surface area contributed by atoms with E-state index in [0.29, 0.717) is 19.3 Å². The minimum atomic E-state index is -0.761. The van der Waals surface area contributed by atoms with Crippen LogP contribution in [0.2, 0.25) is 0 Å². The Morgan fingerprint density at radius 3 is 1.02 bits per heavy atom. The van der Waals surface area contributed by atoms with Gasteiger partial charge in [-0.3, -0.25) is 14.4 Å². The summed E-state index contributed by atoms with van der Waals surface area (Å²) in [6, 6.07) is 0. The molecule has 6 heteroatoms. The van der Waals surface area contributed by atoms with Gasteiger partial charge in [0.25, 0.3) is 0 Å². The molecular weight excluding hydrogens is 697 g/mol. The summed E-state index contributed by atoms with van der Waals surface area (Å²) in [5.41, 5.74) is 0. The van der Waals surface area contributed by atoms with Gasteiger partial charge in [-0.2, -0.15) is 0 Å². The zero-order valence-corrected chi connectivity index (χ0v) is 38.3. The molecule has 0 spiro atoms. The van der Waals surface area contributed by atoms with Crippen molar-refractivity contribution in [1.82, 2.24) is 0 Å². The maximum Gasteiger partial charge on any atom is 0.306 e. The molecule has 0 aromatic carbocycles. The van der Waals surface area contributed by atoms with E-state index in [1.165, 1.54) is 161 Å². The number of carbonyl (C=O) groups is 3. The highest BCUT2D eigenvalue weighted by atomic mass is 16.6. The molecule has 0 bridgehead atoms. The molecule has 0 saturated heterocycles. The second-order valence-electron chi connectivity index (χ2n) is 17.8. The van der Waals surface area contributed by atoms with Gasteiger partial charge in [-0.15, -0.1) is 0 Å². The number of esters is 3. The Morgan fingerprint density at radius 2 is 0.679 bits per heavy atom. The molecule has 0 aromatic heterocycles. The number of hydrogen-bond acceptors (Lipinski definition) is 6. The van der Waals surface area contributed by atoms with Crippen molar-refractivity contribution in [2.75, 3.05) is 13.2 Å². The van der Waals surface area contributed by atoms with Gasteiger partial charge in [0.2, 0.25) is 0 Å². The van der Waals surface area contributed by atoms with Crippen molar-refractivity contribution in [3.63, 3.8) is 0 Å². The number of hydrogen-bond donors (Lipinski definition) is 0. The molecule has 0 aliphatic carbocycles. The van der Waals surface area contributed by atoms with E-state index in [1.807, 2.05) is 0 Å². The molecular formula is C50H96O6. The fourth-order valence-corrected chi connectivity index (χ4v) is 7.43. The van der Waals surface area contributed by atoms with Crippen molar-refractivity contribution in [1.29, 1.82) is 0 Å². The van der Waals surface area contributed by atoms with Gasteiger partial charge in [0, 0.05) is 19.3 Å². The highest BCUT2D eigenvalue weighted by Gasteiger charge is 2.19. The van der Waals surface area contributed by atoms with Crippen LogP contribution in [0.4, 0.5) is 0 Å². The molecule has 0 saturated carbocycles. The van der Waals surface area contributed by atoms with Crippen molar-refractivity contribution in [2.24, 2.45) is 11.8 Å². The van der Waals surface area contributed by atoms with Crippen LogP contribution in [-0.2, 0) is 28.6 Å². The fourth-order valence-electron chi connectivity index (χ4n) is 7.43. The minimum Gasteiger partial charge on any atom is -0.462 e. The second kappa shape index (κ2) is 43.0. The quantitative estimate of drug-likeness (QED) is 0.0347. The largest absolute Gasteiger partial charge is 0.462 e. The number of carbonyl (C=O) groups excluding carboxylic acids is 3. The van der Waals surface area contributed by atoms with E-state index >= 15 is 0 Å². The van der Waals surface area contributed by atoms with Gasteiger partial charge in [-0.1, -0.05) is 234 Å². The minimum absolute atomic E-state index is 0.0650. The first-order valence-corrected chi connectivity index (χ1v) is 24.8. The van der Waals surface area contributed by atoms with Gasteiger partial charge in [-0.25, -0.2) is 0 Å². The first-order chi connectivity index (χ1) is 27.3. The topological polar surface area (TPSA) is 78.9 Å². The van der Waals surface area contributed by atoms with E-state index < -0.39 is 6.10 Å². The zero-order chi connectivity index (χ0) is 41.2. The third kappa shape index (κ3) is 42.0. The van der Waals surface area contributed by atoms with E-state index in [4.69, 9.17) is 14.2 Å². The van der Waals surface area contributed by atoms with Crippen LogP contribution in [0.15, 0.2) is 0 Å². The summed E-state index contributed by atoms with van der Waals surface area (Å²) in [6.45, 7) is 11.3. The lowest BCUT2D eigenvalue weighted by atomic mass is 10.00. The molecule has 0 fully saturated rings. The number of unbranched alkanes of at least 4 members (excludes halogenated alkanes) is 28. The Kier molecular flexibility index (Phi) is 41.8. The molecule has 0 radical (unpaired) electrons. The Hall–Kier alpha value is -1.59. The normalized spacial score (nSPS) is 12.5. The second-order valence-corrected chi connectivity index (χ2v) is 17.8. The van der Waals surface area contributed by atoms with E-state index in [2.05, 4.69) is 34.6 Å². The standard InChI is InChI=1S/C50H96O6/c1-6-8-9-10-11-20-24-30-35-40-48(51)54-43-47(56-50(53)42-37-32-27-26-29-34-39-46(5)7-2)44-55-49(52)41-36-31-25-22-19-17-15-13-12-14-16-18-21-23-28-33-38-45(3)4/h45-47H,6-44H2,1-5H3/t46?,47-/m1/s1. The van der Waals surface area contributed by atoms with E-state index in [-0.39, 0.29) is 31.1 Å². The summed E-state index contributed by atoms with van der Waals surface area (Å²) < 4.78 is 16.7. The Bertz CT molecular complexity index is 856. The first-order valence-electron chi connectivity index (χ1n) is 24.8. The molecule has 0 heterocycles. The van der Waals surface area contributed by atoms with Gasteiger partial charge >= 0.3 is 17.9 Å². The van der Waals surface area contributed by atoms with Gasteiger partial charge in [-0.05, 0) is 31.1 Å². The molecule has 56 heavy (non-hydrogen) atoms. The summed E-state index contributed by atoms with van der Waals surface area (Å²) in [4.78, 5) is 37.7. The molecule has 0 amide bonds. The lowest BCUT2D eigenvalue weighted by Gasteiger charge is -2.18. The summed E-state index contributed by atoms with van der Waals surface area (Å²) in [6.07, 6.45) is 42.4.